The van der Waals surface area contributed by atoms with Crippen molar-refractivity contribution in [3.05, 3.63) is 35.2 Å². The Morgan fingerprint density at radius 2 is 1.71 bits per heavy atom. The summed E-state index contributed by atoms with van der Waals surface area (Å²) in [7, 11) is 2.92. The number of nitrogens with one attached hydrogen (secondary N) is 1. The van der Waals surface area contributed by atoms with Crippen LogP contribution in [0.25, 0.3) is 11.1 Å². The Hall–Kier alpha value is -2.34. The Morgan fingerprint density at radius 3 is 2.21 bits per heavy atom. The molecule has 1 aromatic heterocycles. The van der Waals surface area contributed by atoms with Crippen molar-refractivity contribution < 1.29 is 19.1 Å². The van der Waals surface area contributed by atoms with Gasteiger partial charge in [-0.25, -0.2) is 4.79 Å². The fourth-order valence-corrected chi connectivity index (χ4v) is 2.98. The number of hydrogen-bond donors (Lipinski definition) is 1. The first-order valence-electron chi connectivity index (χ1n) is 7.43. The lowest BCUT2D eigenvalue weighted by molar-refractivity contribution is -0.123. The molecule has 0 fully saturated rings. The number of carbonyl (C=O) groups excluding carboxylic acids is 2. The minimum Gasteiger partial charge on any atom is -0.497 e. The minimum absolute atomic E-state index is 0.157. The molecule has 6 heteroatoms. The van der Waals surface area contributed by atoms with Crippen molar-refractivity contribution in [1.29, 1.82) is 0 Å². The summed E-state index contributed by atoms with van der Waals surface area (Å²) in [6.07, 6.45) is 0. The predicted molar refractivity (Wildman–Crippen MR) is 95.7 cm³/mol. The first-order chi connectivity index (χ1) is 11.3. The van der Waals surface area contributed by atoms with Crippen molar-refractivity contribution in [2.24, 2.45) is 5.41 Å². The molecule has 1 N–H and O–H groups in total. The van der Waals surface area contributed by atoms with E-state index in [1.165, 1.54) is 18.4 Å². The maximum Gasteiger partial charge on any atom is 0.341 e. The van der Waals surface area contributed by atoms with Gasteiger partial charge < -0.3 is 14.8 Å². The number of hydrogen-bond acceptors (Lipinski definition) is 5. The molecule has 0 aliphatic carbocycles. The van der Waals surface area contributed by atoms with Gasteiger partial charge in [0.25, 0.3) is 0 Å². The molecule has 1 heterocycles. The molecular weight excluding hydrogens is 326 g/mol. The van der Waals surface area contributed by atoms with E-state index in [-0.39, 0.29) is 5.91 Å². The van der Waals surface area contributed by atoms with Gasteiger partial charge in [-0.15, -0.1) is 11.3 Å². The number of ether oxygens (including phenoxy) is 2. The molecule has 128 valence electrons. The molecule has 5 nitrogen and oxygen atoms in total. The molecule has 0 saturated carbocycles. The Balaban J connectivity index is 2.45. The van der Waals surface area contributed by atoms with Crippen LogP contribution >= 0.6 is 11.3 Å². The van der Waals surface area contributed by atoms with E-state index in [2.05, 4.69) is 5.32 Å². The predicted octanol–water partition coefficient (Wildman–Crippen LogP) is 4.19. The maximum atomic E-state index is 12.3. The van der Waals surface area contributed by atoms with Crippen LogP contribution in [0.1, 0.15) is 31.1 Å². The molecule has 0 unspecified atom stereocenters. The molecule has 0 radical (unpaired) electrons. The van der Waals surface area contributed by atoms with Crippen LogP contribution in [0.2, 0.25) is 0 Å². The molecule has 1 aromatic carbocycles. The van der Waals surface area contributed by atoms with Gasteiger partial charge in [0, 0.05) is 16.4 Å². The highest BCUT2D eigenvalue weighted by Crippen LogP contribution is 2.37. The molecular formula is C18H21NO4S. The Morgan fingerprint density at radius 1 is 1.08 bits per heavy atom. The van der Waals surface area contributed by atoms with Crippen molar-refractivity contribution >= 4 is 28.2 Å². The molecule has 0 spiro atoms. The minimum atomic E-state index is -0.558. The lowest BCUT2D eigenvalue weighted by Gasteiger charge is -2.17. The van der Waals surface area contributed by atoms with Gasteiger partial charge in [-0.05, 0) is 17.7 Å². The van der Waals surface area contributed by atoms with Gasteiger partial charge in [0.15, 0.2) is 0 Å². The quantitative estimate of drug-likeness (QED) is 0.842. The largest absolute Gasteiger partial charge is 0.497 e. The summed E-state index contributed by atoms with van der Waals surface area (Å²) >= 11 is 1.31. The van der Waals surface area contributed by atoms with Crippen LogP contribution in [0.4, 0.5) is 5.00 Å². The van der Waals surface area contributed by atoms with Crippen molar-refractivity contribution in [1.82, 2.24) is 0 Å². The van der Waals surface area contributed by atoms with Gasteiger partial charge in [-0.3, -0.25) is 4.79 Å². The summed E-state index contributed by atoms with van der Waals surface area (Å²) in [6.45, 7) is 5.45. The number of amides is 1. The average Bonchev–Trinajstić information content (AvgIpc) is 2.97. The summed E-state index contributed by atoms with van der Waals surface area (Å²) in [5.74, 6) is 0.0944. The van der Waals surface area contributed by atoms with Crippen LogP contribution in [0, 0.1) is 5.41 Å². The summed E-state index contributed by atoms with van der Waals surface area (Å²) < 4.78 is 10.1. The van der Waals surface area contributed by atoms with Gasteiger partial charge in [-0.1, -0.05) is 32.9 Å². The molecule has 1 amide bonds. The molecule has 0 aliphatic rings. The second-order valence-electron chi connectivity index (χ2n) is 6.28. The van der Waals surface area contributed by atoms with Gasteiger partial charge in [-0.2, -0.15) is 0 Å². The van der Waals surface area contributed by atoms with Crippen LogP contribution < -0.4 is 10.1 Å². The number of anilines is 1. The second-order valence-corrected chi connectivity index (χ2v) is 7.16. The first kappa shape index (κ1) is 18.0. The normalized spacial score (nSPS) is 11.0. The van der Waals surface area contributed by atoms with Gasteiger partial charge in [0.1, 0.15) is 16.3 Å². The molecule has 0 saturated heterocycles. The van der Waals surface area contributed by atoms with Crippen LogP contribution in [-0.4, -0.2) is 26.1 Å². The van der Waals surface area contributed by atoms with Gasteiger partial charge >= 0.3 is 5.97 Å². The Labute approximate surface area is 145 Å². The molecule has 0 aliphatic heterocycles. The van der Waals surface area contributed by atoms with Crippen molar-refractivity contribution in [3.8, 4) is 16.9 Å². The van der Waals surface area contributed by atoms with E-state index in [0.29, 0.717) is 10.6 Å². The van der Waals surface area contributed by atoms with Crippen LogP contribution in [0.3, 0.4) is 0 Å². The molecule has 2 aromatic rings. The highest BCUT2D eigenvalue weighted by atomic mass is 32.1. The third-order valence-electron chi connectivity index (χ3n) is 3.49. The van der Waals surface area contributed by atoms with Crippen LogP contribution in [0.15, 0.2) is 29.6 Å². The zero-order chi connectivity index (χ0) is 17.9. The molecule has 0 atom stereocenters. The van der Waals surface area contributed by atoms with Crippen LogP contribution in [0.5, 0.6) is 5.75 Å². The third-order valence-corrected chi connectivity index (χ3v) is 4.39. The standard InChI is InChI=1S/C18H21NO4S/c1-18(2,3)17(21)19-15-14(16(20)23-5)13(10-24-15)11-6-8-12(22-4)9-7-11/h6-10H,1-5H3,(H,19,21). The van der Waals surface area contributed by atoms with Crippen molar-refractivity contribution in [3.63, 3.8) is 0 Å². The lowest BCUT2D eigenvalue weighted by atomic mass is 9.95. The number of benzene rings is 1. The SMILES string of the molecule is COC(=O)c1c(-c2ccc(OC)cc2)csc1NC(=O)C(C)(C)C. The molecule has 2 rings (SSSR count). The van der Waals surface area contributed by atoms with Crippen molar-refractivity contribution in [2.45, 2.75) is 20.8 Å². The van der Waals surface area contributed by atoms with E-state index in [1.807, 2.05) is 50.4 Å². The number of rotatable bonds is 4. The number of thiophene rings is 1. The molecule has 0 bridgehead atoms. The van der Waals surface area contributed by atoms with E-state index >= 15 is 0 Å². The fourth-order valence-electron chi connectivity index (χ4n) is 2.03. The van der Waals surface area contributed by atoms with Crippen LogP contribution in [-0.2, 0) is 9.53 Å². The fraction of sp³-hybridized carbons (Fsp3) is 0.333. The number of esters is 1. The Bertz CT molecular complexity index is 741. The summed E-state index contributed by atoms with van der Waals surface area (Å²) in [4.78, 5) is 24.5. The monoisotopic (exact) mass is 347 g/mol. The van der Waals surface area contributed by atoms with E-state index in [9.17, 15) is 9.59 Å². The van der Waals surface area contributed by atoms with Crippen molar-refractivity contribution in [2.75, 3.05) is 19.5 Å². The first-order valence-corrected chi connectivity index (χ1v) is 8.31. The lowest BCUT2D eigenvalue weighted by Crippen LogP contribution is -2.28. The average molecular weight is 347 g/mol. The summed E-state index contributed by atoms with van der Waals surface area (Å²) in [5.41, 5.74) is 1.38. The van der Waals surface area contributed by atoms with E-state index in [0.717, 1.165) is 16.9 Å². The highest BCUT2D eigenvalue weighted by Gasteiger charge is 2.26. The molecule has 24 heavy (non-hydrogen) atoms. The topological polar surface area (TPSA) is 64.6 Å². The number of methoxy groups -OCH3 is 2. The highest BCUT2D eigenvalue weighted by molar-refractivity contribution is 7.15. The maximum absolute atomic E-state index is 12.3. The zero-order valence-corrected chi connectivity index (χ0v) is 15.2. The zero-order valence-electron chi connectivity index (χ0n) is 14.4. The smallest absolute Gasteiger partial charge is 0.341 e. The van der Waals surface area contributed by atoms with Gasteiger partial charge in [0.05, 0.1) is 14.2 Å². The summed E-state index contributed by atoms with van der Waals surface area (Å²) in [5, 5.41) is 5.17. The Kier molecular flexibility index (Phi) is 5.29. The van der Waals surface area contributed by atoms with E-state index in [4.69, 9.17) is 9.47 Å². The van der Waals surface area contributed by atoms with E-state index < -0.39 is 11.4 Å². The third kappa shape index (κ3) is 3.76. The van der Waals surface area contributed by atoms with E-state index in [1.54, 1.807) is 7.11 Å². The summed E-state index contributed by atoms with van der Waals surface area (Å²) in [6, 6.07) is 7.37. The number of carbonyl (C=O) groups is 2. The second kappa shape index (κ2) is 7.05. The van der Waals surface area contributed by atoms with Gasteiger partial charge in [0.2, 0.25) is 5.91 Å².